The summed E-state index contributed by atoms with van der Waals surface area (Å²) in [4.78, 5) is 12.9. The predicted molar refractivity (Wildman–Crippen MR) is 55.2 cm³/mol. The van der Waals surface area contributed by atoms with E-state index in [-0.39, 0.29) is 6.04 Å². The number of carboxylic acids is 1. The van der Waals surface area contributed by atoms with Crippen LogP contribution < -0.4 is 0 Å². The van der Waals surface area contributed by atoms with E-state index in [0.29, 0.717) is 11.3 Å². The first-order valence-electron chi connectivity index (χ1n) is 4.64. The Labute approximate surface area is 83.5 Å². The number of carbonyl (C=O) groups is 1. The van der Waals surface area contributed by atoms with Gasteiger partial charge in [0.05, 0.1) is 0 Å². The van der Waals surface area contributed by atoms with Gasteiger partial charge in [0, 0.05) is 23.6 Å². The molecule has 3 nitrogen and oxygen atoms in total. The topological polar surface area (TPSA) is 40.5 Å². The molecule has 0 saturated carbocycles. The van der Waals surface area contributed by atoms with E-state index < -0.39 is 5.97 Å². The molecule has 0 bridgehead atoms. The lowest BCUT2D eigenvalue weighted by Crippen LogP contribution is -2.51. The van der Waals surface area contributed by atoms with Gasteiger partial charge in [-0.2, -0.15) is 11.8 Å². The summed E-state index contributed by atoms with van der Waals surface area (Å²) in [7, 11) is 0. The maximum Gasteiger partial charge on any atom is 0.320 e. The predicted octanol–water partition coefficient (Wildman–Crippen LogP) is 1.29. The van der Waals surface area contributed by atoms with Crippen LogP contribution in [-0.4, -0.2) is 45.6 Å². The quantitative estimate of drug-likeness (QED) is 0.734. The molecule has 1 aliphatic heterocycles. The highest BCUT2D eigenvalue weighted by Gasteiger charge is 2.31. The first kappa shape index (κ1) is 10.9. The minimum absolute atomic E-state index is 0.349. The molecule has 0 aromatic carbocycles. The average Bonchev–Trinajstić information content (AvgIpc) is 2.08. The van der Waals surface area contributed by atoms with Gasteiger partial charge in [0.1, 0.15) is 6.04 Å². The van der Waals surface area contributed by atoms with Gasteiger partial charge in [0.25, 0.3) is 0 Å². The number of hydrogen-bond donors (Lipinski definition) is 1. The standard InChI is InChI=1S/C9H17NO2S/c1-6-8(3)13-5-4-10(6)7(2)9(11)12/h6-8H,4-5H2,1-3H3,(H,11,12). The molecular formula is C9H17NO2S. The Balaban J connectivity index is 2.62. The minimum atomic E-state index is -0.717. The van der Waals surface area contributed by atoms with E-state index in [2.05, 4.69) is 18.7 Å². The van der Waals surface area contributed by atoms with Crippen molar-refractivity contribution >= 4 is 17.7 Å². The van der Waals surface area contributed by atoms with Crippen LogP contribution in [0.2, 0.25) is 0 Å². The molecule has 1 N–H and O–H groups in total. The molecule has 0 spiro atoms. The molecule has 13 heavy (non-hydrogen) atoms. The van der Waals surface area contributed by atoms with Crippen molar-refractivity contribution in [1.29, 1.82) is 0 Å². The van der Waals surface area contributed by atoms with Gasteiger partial charge in [-0.3, -0.25) is 9.69 Å². The maximum atomic E-state index is 10.8. The lowest BCUT2D eigenvalue weighted by Gasteiger charge is -2.39. The lowest BCUT2D eigenvalue weighted by molar-refractivity contribution is -0.143. The van der Waals surface area contributed by atoms with Crippen LogP contribution in [0.1, 0.15) is 20.8 Å². The van der Waals surface area contributed by atoms with Crippen LogP contribution in [0.15, 0.2) is 0 Å². The monoisotopic (exact) mass is 203 g/mol. The summed E-state index contributed by atoms with van der Waals surface area (Å²) < 4.78 is 0. The lowest BCUT2D eigenvalue weighted by atomic mass is 10.1. The molecular weight excluding hydrogens is 186 g/mol. The van der Waals surface area contributed by atoms with E-state index in [0.717, 1.165) is 12.3 Å². The molecule has 1 fully saturated rings. The molecule has 4 heteroatoms. The molecule has 0 aromatic rings. The Morgan fingerprint density at radius 2 is 2.23 bits per heavy atom. The molecule has 1 rings (SSSR count). The molecule has 3 unspecified atom stereocenters. The van der Waals surface area contributed by atoms with Gasteiger partial charge >= 0.3 is 5.97 Å². The summed E-state index contributed by atoms with van der Waals surface area (Å²) in [6.45, 7) is 6.93. The summed E-state index contributed by atoms with van der Waals surface area (Å²) in [6, 6.07) is 0.0169. The van der Waals surface area contributed by atoms with Crippen molar-refractivity contribution < 1.29 is 9.90 Å². The fraction of sp³-hybridized carbons (Fsp3) is 0.889. The van der Waals surface area contributed by atoms with Crippen molar-refractivity contribution in [2.45, 2.75) is 38.1 Å². The molecule has 0 aromatic heterocycles. The van der Waals surface area contributed by atoms with Crippen molar-refractivity contribution in [3.63, 3.8) is 0 Å². The van der Waals surface area contributed by atoms with Crippen molar-refractivity contribution in [2.75, 3.05) is 12.3 Å². The second-order valence-electron chi connectivity index (χ2n) is 3.57. The van der Waals surface area contributed by atoms with Crippen molar-refractivity contribution in [3.8, 4) is 0 Å². The van der Waals surface area contributed by atoms with Crippen molar-refractivity contribution in [3.05, 3.63) is 0 Å². The summed E-state index contributed by atoms with van der Waals surface area (Å²) >= 11 is 1.92. The number of carboxylic acid groups (broad SMARTS) is 1. The van der Waals surface area contributed by atoms with E-state index in [1.165, 1.54) is 0 Å². The zero-order valence-corrected chi connectivity index (χ0v) is 9.17. The minimum Gasteiger partial charge on any atom is -0.480 e. The number of nitrogens with zero attached hydrogens (tertiary/aromatic N) is 1. The number of thioether (sulfide) groups is 1. The molecule has 1 aliphatic rings. The van der Waals surface area contributed by atoms with Crippen LogP contribution in [0.3, 0.4) is 0 Å². The Kier molecular flexibility index (Phi) is 3.62. The fourth-order valence-corrected chi connectivity index (χ4v) is 2.77. The third-order valence-electron chi connectivity index (χ3n) is 2.79. The molecule has 0 aliphatic carbocycles. The summed E-state index contributed by atoms with van der Waals surface area (Å²) in [6.07, 6.45) is 0. The average molecular weight is 203 g/mol. The normalized spacial score (nSPS) is 32.8. The van der Waals surface area contributed by atoms with Crippen LogP contribution in [0.25, 0.3) is 0 Å². The van der Waals surface area contributed by atoms with Crippen LogP contribution in [0, 0.1) is 0 Å². The van der Waals surface area contributed by atoms with Crippen LogP contribution in [0.4, 0.5) is 0 Å². The first-order chi connectivity index (χ1) is 6.04. The zero-order chi connectivity index (χ0) is 10.0. The molecule has 0 amide bonds. The highest BCUT2D eigenvalue weighted by molar-refractivity contribution is 8.00. The van der Waals surface area contributed by atoms with E-state index in [1.54, 1.807) is 6.92 Å². The van der Waals surface area contributed by atoms with Gasteiger partial charge in [-0.15, -0.1) is 0 Å². The smallest absolute Gasteiger partial charge is 0.320 e. The number of hydrogen-bond acceptors (Lipinski definition) is 3. The Hall–Kier alpha value is -0.220. The third kappa shape index (κ3) is 2.38. The van der Waals surface area contributed by atoms with Crippen molar-refractivity contribution in [2.24, 2.45) is 0 Å². The maximum absolute atomic E-state index is 10.8. The van der Waals surface area contributed by atoms with E-state index in [9.17, 15) is 4.79 Å². The van der Waals surface area contributed by atoms with E-state index in [1.807, 2.05) is 11.8 Å². The molecule has 3 atom stereocenters. The van der Waals surface area contributed by atoms with Gasteiger partial charge in [0.15, 0.2) is 0 Å². The first-order valence-corrected chi connectivity index (χ1v) is 5.69. The van der Waals surface area contributed by atoms with E-state index in [4.69, 9.17) is 5.11 Å². The summed E-state index contributed by atoms with van der Waals surface area (Å²) in [5, 5.41) is 9.43. The highest BCUT2D eigenvalue weighted by Crippen LogP contribution is 2.25. The molecule has 1 saturated heterocycles. The van der Waals surface area contributed by atoms with Crippen LogP contribution in [0.5, 0.6) is 0 Å². The SMILES string of the molecule is CC1SCCN(C(C)C(=O)O)C1C. The van der Waals surface area contributed by atoms with Crippen LogP contribution in [-0.2, 0) is 4.79 Å². The largest absolute Gasteiger partial charge is 0.480 e. The number of rotatable bonds is 2. The van der Waals surface area contributed by atoms with Crippen molar-refractivity contribution in [1.82, 2.24) is 4.90 Å². The van der Waals surface area contributed by atoms with Gasteiger partial charge in [-0.1, -0.05) is 6.92 Å². The van der Waals surface area contributed by atoms with Gasteiger partial charge in [-0.05, 0) is 13.8 Å². The summed E-state index contributed by atoms with van der Waals surface area (Å²) in [5.74, 6) is 0.328. The molecule has 0 radical (unpaired) electrons. The van der Waals surface area contributed by atoms with Gasteiger partial charge in [-0.25, -0.2) is 0 Å². The molecule has 76 valence electrons. The summed E-state index contributed by atoms with van der Waals surface area (Å²) in [5.41, 5.74) is 0. The Morgan fingerprint density at radius 1 is 1.62 bits per heavy atom. The van der Waals surface area contributed by atoms with Gasteiger partial charge < -0.3 is 5.11 Å². The van der Waals surface area contributed by atoms with Gasteiger partial charge in [0.2, 0.25) is 0 Å². The second kappa shape index (κ2) is 4.33. The van der Waals surface area contributed by atoms with Crippen LogP contribution >= 0.6 is 11.8 Å². The van der Waals surface area contributed by atoms with E-state index >= 15 is 0 Å². The second-order valence-corrected chi connectivity index (χ2v) is 5.05. The Bertz CT molecular complexity index is 198. The third-order valence-corrected chi connectivity index (χ3v) is 4.13. The number of aliphatic carboxylic acids is 1. The fourth-order valence-electron chi connectivity index (χ4n) is 1.64. The highest BCUT2D eigenvalue weighted by atomic mass is 32.2. The Morgan fingerprint density at radius 3 is 2.77 bits per heavy atom. The molecule has 1 heterocycles. The zero-order valence-electron chi connectivity index (χ0n) is 8.36.